The standard InChI is InChI=1S/C12H7BrClN3O/c13-10-6-16-12(14)17-11(10)18-7-9-4-2-1-3-8(9)5-15/h1-4,6H,7H2. The van der Waals surface area contributed by atoms with Crippen LogP contribution in [0.1, 0.15) is 11.1 Å². The van der Waals surface area contributed by atoms with Gasteiger partial charge in [-0.1, -0.05) is 18.2 Å². The van der Waals surface area contributed by atoms with Gasteiger partial charge in [0.2, 0.25) is 11.2 Å². The van der Waals surface area contributed by atoms with Crippen molar-refractivity contribution in [3.8, 4) is 11.9 Å². The summed E-state index contributed by atoms with van der Waals surface area (Å²) in [6.07, 6.45) is 1.51. The topological polar surface area (TPSA) is 58.8 Å². The third-order valence-electron chi connectivity index (χ3n) is 2.18. The molecule has 0 fully saturated rings. The minimum Gasteiger partial charge on any atom is -0.472 e. The predicted molar refractivity (Wildman–Crippen MR) is 70.2 cm³/mol. The zero-order valence-corrected chi connectivity index (χ0v) is 11.4. The molecule has 0 radical (unpaired) electrons. The molecule has 2 rings (SSSR count). The highest BCUT2D eigenvalue weighted by Crippen LogP contribution is 2.23. The Hall–Kier alpha value is -1.64. The van der Waals surface area contributed by atoms with Gasteiger partial charge in [-0.3, -0.25) is 0 Å². The molecule has 0 aliphatic carbocycles. The summed E-state index contributed by atoms with van der Waals surface area (Å²) in [4.78, 5) is 7.75. The molecule has 6 heteroatoms. The number of halogens is 2. The van der Waals surface area contributed by atoms with Crippen LogP contribution in [0.5, 0.6) is 5.88 Å². The van der Waals surface area contributed by atoms with Crippen molar-refractivity contribution in [2.45, 2.75) is 6.61 Å². The van der Waals surface area contributed by atoms with E-state index in [0.717, 1.165) is 5.56 Å². The Morgan fingerprint density at radius 3 is 2.94 bits per heavy atom. The third-order valence-corrected chi connectivity index (χ3v) is 2.91. The number of hydrogen-bond donors (Lipinski definition) is 0. The molecule has 0 atom stereocenters. The Bertz CT molecular complexity index is 613. The van der Waals surface area contributed by atoms with Crippen LogP contribution in [0, 0.1) is 11.3 Å². The lowest BCUT2D eigenvalue weighted by molar-refractivity contribution is 0.291. The van der Waals surface area contributed by atoms with Gasteiger partial charge in [-0.2, -0.15) is 10.2 Å². The van der Waals surface area contributed by atoms with E-state index < -0.39 is 0 Å². The fraction of sp³-hybridized carbons (Fsp3) is 0.0833. The highest BCUT2D eigenvalue weighted by Gasteiger charge is 2.07. The van der Waals surface area contributed by atoms with Gasteiger partial charge in [0.15, 0.2) is 0 Å². The van der Waals surface area contributed by atoms with Crippen molar-refractivity contribution >= 4 is 27.5 Å². The first-order valence-corrected chi connectivity index (χ1v) is 6.16. The van der Waals surface area contributed by atoms with Crippen LogP contribution >= 0.6 is 27.5 Å². The van der Waals surface area contributed by atoms with Crippen molar-refractivity contribution < 1.29 is 4.74 Å². The molecule has 4 nitrogen and oxygen atoms in total. The van der Waals surface area contributed by atoms with Crippen molar-refractivity contribution in [1.29, 1.82) is 5.26 Å². The fourth-order valence-corrected chi connectivity index (χ4v) is 1.76. The molecule has 0 spiro atoms. The van der Waals surface area contributed by atoms with Crippen LogP contribution in [0.3, 0.4) is 0 Å². The summed E-state index contributed by atoms with van der Waals surface area (Å²) in [5.74, 6) is 0.350. The van der Waals surface area contributed by atoms with E-state index in [1.807, 2.05) is 12.1 Å². The molecule has 18 heavy (non-hydrogen) atoms. The summed E-state index contributed by atoms with van der Waals surface area (Å²) in [6.45, 7) is 0.246. The van der Waals surface area contributed by atoms with Gasteiger partial charge in [0, 0.05) is 11.8 Å². The number of benzene rings is 1. The molecule has 0 bridgehead atoms. The van der Waals surface area contributed by atoms with Crippen molar-refractivity contribution in [3.05, 3.63) is 51.3 Å². The minimum absolute atomic E-state index is 0.113. The molecule has 0 saturated heterocycles. The maximum atomic E-state index is 8.95. The molecular formula is C12H7BrClN3O. The Balaban J connectivity index is 2.17. The van der Waals surface area contributed by atoms with Crippen LogP contribution < -0.4 is 4.74 Å². The van der Waals surface area contributed by atoms with Crippen molar-refractivity contribution in [2.75, 3.05) is 0 Å². The lowest BCUT2D eigenvalue weighted by Gasteiger charge is -2.07. The predicted octanol–water partition coefficient (Wildman–Crippen LogP) is 3.34. The van der Waals surface area contributed by atoms with E-state index in [-0.39, 0.29) is 11.9 Å². The van der Waals surface area contributed by atoms with E-state index in [1.165, 1.54) is 6.20 Å². The lowest BCUT2D eigenvalue weighted by Crippen LogP contribution is -2.01. The molecule has 0 N–H and O–H groups in total. The first kappa shape index (κ1) is 12.8. The van der Waals surface area contributed by atoms with E-state index in [0.29, 0.717) is 15.9 Å². The van der Waals surface area contributed by atoms with Crippen molar-refractivity contribution in [3.63, 3.8) is 0 Å². The molecule has 90 valence electrons. The average molecular weight is 325 g/mol. The Labute approximate surface area is 117 Å². The van der Waals surface area contributed by atoms with Gasteiger partial charge < -0.3 is 4.74 Å². The lowest BCUT2D eigenvalue weighted by atomic mass is 10.1. The van der Waals surface area contributed by atoms with Gasteiger partial charge in [-0.25, -0.2) is 4.98 Å². The molecule has 1 aromatic carbocycles. The average Bonchev–Trinajstić information content (AvgIpc) is 2.40. The molecule has 0 unspecified atom stereocenters. The molecule has 1 heterocycles. The van der Waals surface area contributed by atoms with Gasteiger partial charge in [0.25, 0.3) is 0 Å². The summed E-state index contributed by atoms with van der Waals surface area (Å²) in [5, 5.41) is 9.07. The maximum Gasteiger partial charge on any atom is 0.232 e. The quantitative estimate of drug-likeness (QED) is 0.812. The Morgan fingerprint density at radius 1 is 1.39 bits per heavy atom. The first-order chi connectivity index (χ1) is 8.70. The van der Waals surface area contributed by atoms with E-state index >= 15 is 0 Å². The first-order valence-electron chi connectivity index (χ1n) is 4.99. The maximum absolute atomic E-state index is 8.95. The summed E-state index contributed by atoms with van der Waals surface area (Å²) >= 11 is 8.95. The van der Waals surface area contributed by atoms with Crippen LogP contribution in [0.4, 0.5) is 0 Å². The molecule has 1 aromatic heterocycles. The van der Waals surface area contributed by atoms with Crippen LogP contribution in [-0.4, -0.2) is 9.97 Å². The van der Waals surface area contributed by atoms with Crippen LogP contribution in [0.2, 0.25) is 5.28 Å². The zero-order chi connectivity index (χ0) is 13.0. The molecule has 0 amide bonds. The van der Waals surface area contributed by atoms with E-state index in [2.05, 4.69) is 32.0 Å². The minimum atomic E-state index is 0.113. The van der Waals surface area contributed by atoms with Gasteiger partial charge in [0.05, 0.1) is 16.1 Å². The van der Waals surface area contributed by atoms with E-state index in [1.54, 1.807) is 12.1 Å². The van der Waals surface area contributed by atoms with Gasteiger partial charge >= 0.3 is 0 Å². The summed E-state index contributed by atoms with van der Waals surface area (Å²) in [6, 6.07) is 9.33. The van der Waals surface area contributed by atoms with Crippen LogP contribution in [-0.2, 0) is 6.61 Å². The zero-order valence-electron chi connectivity index (χ0n) is 9.10. The summed E-state index contributed by atoms with van der Waals surface area (Å²) in [5.41, 5.74) is 1.37. The van der Waals surface area contributed by atoms with E-state index in [4.69, 9.17) is 21.6 Å². The normalized spacial score (nSPS) is 9.83. The largest absolute Gasteiger partial charge is 0.472 e. The van der Waals surface area contributed by atoms with Crippen LogP contribution in [0.25, 0.3) is 0 Å². The van der Waals surface area contributed by atoms with Gasteiger partial charge in [0.1, 0.15) is 6.61 Å². The van der Waals surface area contributed by atoms with Gasteiger partial charge in [-0.05, 0) is 33.6 Å². The van der Waals surface area contributed by atoms with Crippen molar-refractivity contribution in [2.24, 2.45) is 0 Å². The molecular weight excluding hydrogens is 318 g/mol. The third kappa shape index (κ3) is 2.97. The Kier molecular flexibility index (Phi) is 4.13. The number of nitriles is 1. The second-order valence-corrected chi connectivity index (χ2v) is 4.54. The number of hydrogen-bond acceptors (Lipinski definition) is 4. The van der Waals surface area contributed by atoms with Gasteiger partial charge in [-0.15, -0.1) is 0 Å². The monoisotopic (exact) mass is 323 g/mol. The SMILES string of the molecule is N#Cc1ccccc1COc1nc(Cl)ncc1Br. The number of aromatic nitrogens is 2. The molecule has 0 aliphatic heterocycles. The second kappa shape index (κ2) is 5.80. The Morgan fingerprint density at radius 2 is 2.17 bits per heavy atom. The summed E-state index contributed by atoms with van der Waals surface area (Å²) < 4.78 is 6.12. The molecule has 2 aromatic rings. The highest BCUT2D eigenvalue weighted by atomic mass is 79.9. The van der Waals surface area contributed by atoms with Crippen molar-refractivity contribution in [1.82, 2.24) is 9.97 Å². The van der Waals surface area contributed by atoms with E-state index in [9.17, 15) is 0 Å². The number of rotatable bonds is 3. The van der Waals surface area contributed by atoms with Crippen LogP contribution in [0.15, 0.2) is 34.9 Å². The smallest absolute Gasteiger partial charge is 0.232 e. The number of ether oxygens (including phenoxy) is 1. The highest BCUT2D eigenvalue weighted by molar-refractivity contribution is 9.10. The second-order valence-electron chi connectivity index (χ2n) is 3.35. The molecule has 0 aliphatic rings. The molecule has 0 saturated carbocycles. The number of nitrogens with zero attached hydrogens (tertiary/aromatic N) is 3. The summed E-state index contributed by atoms with van der Waals surface area (Å²) in [7, 11) is 0. The fourth-order valence-electron chi connectivity index (χ4n) is 1.33.